The molecule has 0 aliphatic carbocycles. The predicted octanol–water partition coefficient (Wildman–Crippen LogP) is -2.36. The number of guanidine groups is 1. The highest BCUT2D eigenvalue weighted by molar-refractivity contribution is 5.93. The van der Waals surface area contributed by atoms with Gasteiger partial charge in [-0.05, 0) is 37.8 Å². The monoisotopic (exact) mass is 518 g/mol. The van der Waals surface area contributed by atoms with Crippen LogP contribution in [-0.2, 0) is 25.6 Å². The number of aromatic amines is 1. The third kappa shape index (κ3) is 9.09. The molecule has 4 atom stereocenters. The fraction of sp³-hybridized carbons (Fsp3) is 0.435. The Morgan fingerprint density at radius 1 is 1.11 bits per heavy atom. The Hall–Kier alpha value is -4.17. The molecule has 1 aromatic carbocycles. The number of benzene rings is 1. The highest BCUT2D eigenvalue weighted by Gasteiger charge is 2.29. The summed E-state index contributed by atoms with van der Waals surface area (Å²) < 4.78 is 0. The standard InChI is InChI=1S/C23H34N8O6/c1-12(32)19(21(35)30-17(22(36)37)7-4-8-27-23(25)26)31-18(33)11-29-20(34)15(24)9-13-10-28-16-6-3-2-5-14(13)16/h2-3,5-6,10,12,15,17,19,28,32H,4,7-9,11,24H2,1H3,(H,29,34)(H,30,35)(H,31,33)(H,36,37)(H4,25,26,27). The largest absolute Gasteiger partial charge is 0.480 e. The van der Waals surface area contributed by atoms with Crippen molar-refractivity contribution in [3.63, 3.8) is 0 Å². The minimum atomic E-state index is -1.45. The first-order chi connectivity index (χ1) is 17.5. The maximum atomic E-state index is 12.6. The van der Waals surface area contributed by atoms with E-state index < -0.39 is 54.5 Å². The Morgan fingerprint density at radius 3 is 2.46 bits per heavy atom. The molecule has 0 spiro atoms. The lowest BCUT2D eigenvalue weighted by molar-refractivity contribution is -0.143. The number of carboxylic acid groups (broad SMARTS) is 1. The lowest BCUT2D eigenvalue weighted by Crippen LogP contribution is -2.57. The van der Waals surface area contributed by atoms with E-state index in [1.807, 2.05) is 24.3 Å². The van der Waals surface area contributed by atoms with Crippen molar-refractivity contribution in [2.24, 2.45) is 22.2 Å². The number of nitrogens with zero attached hydrogens (tertiary/aromatic N) is 1. The Morgan fingerprint density at radius 2 is 1.81 bits per heavy atom. The van der Waals surface area contributed by atoms with E-state index >= 15 is 0 Å². The second-order valence-corrected chi connectivity index (χ2v) is 8.52. The number of aliphatic carboxylic acids is 1. The van der Waals surface area contributed by atoms with E-state index in [9.17, 15) is 29.4 Å². The zero-order chi connectivity index (χ0) is 27.5. The van der Waals surface area contributed by atoms with E-state index in [2.05, 4.69) is 25.9 Å². The van der Waals surface area contributed by atoms with Crippen molar-refractivity contribution in [1.29, 1.82) is 0 Å². The van der Waals surface area contributed by atoms with Crippen LogP contribution in [0.15, 0.2) is 35.5 Å². The summed E-state index contributed by atoms with van der Waals surface area (Å²) >= 11 is 0. The number of nitrogens with two attached hydrogens (primary N) is 3. The molecule has 1 heterocycles. The first-order valence-electron chi connectivity index (χ1n) is 11.6. The number of aromatic nitrogens is 1. The SMILES string of the molecule is CC(O)C(NC(=O)CNC(=O)C(N)Cc1c[nH]c2ccccc12)C(=O)NC(CCCN=C(N)N)C(=O)O. The Labute approximate surface area is 213 Å². The number of rotatable bonds is 14. The average Bonchev–Trinajstić information content (AvgIpc) is 3.24. The van der Waals surface area contributed by atoms with Gasteiger partial charge in [-0.15, -0.1) is 0 Å². The summed E-state index contributed by atoms with van der Waals surface area (Å²) in [5.74, 6) is -3.69. The van der Waals surface area contributed by atoms with Crippen LogP contribution >= 0.6 is 0 Å². The Balaban J connectivity index is 1.87. The maximum absolute atomic E-state index is 12.6. The van der Waals surface area contributed by atoms with Gasteiger partial charge in [0.25, 0.3) is 0 Å². The summed E-state index contributed by atoms with van der Waals surface area (Å²) in [6.07, 6.45) is 0.936. The van der Waals surface area contributed by atoms with Crippen LogP contribution in [0, 0.1) is 0 Å². The van der Waals surface area contributed by atoms with Gasteiger partial charge < -0.3 is 48.3 Å². The van der Waals surface area contributed by atoms with Gasteiger partial charge in [0, 0.05) is 23.6 Å². The van der Waals surface area contributed by atoms with Gasteiger partial charge in [-0.1, -0.05) is 18.2 Å². The molecular formula is C23H34N8O6. The fourth-order valence-corrected chi connectivity index (χ4v) is 3.58. The van der Waals surface area contributed by atoms with Crippen molar-refractivity contribution in [2.45, 2.75) is 50.4 Å². The first kappa shape index (κ1) is 29.1. The summed E-state index contributed by atoms with van der Waals surface area (Å²) in [5.41, 5.74) is 18.2. The van der Waals surface area contributed by atoms with Crippen LogP contribution in [0.4, 0.5) is 0 Å². The normalized spacial score (nSPS) is 14.1. The van der Waals surface area contributed by atoms with E-state index in [0.717, 1.165) is 16.5 Å². The molecule has 0 aliphatic rings. The van der Waals surface area contributed by atoms with Gasteiger partial charge in [0.15, 0.2) is 5.96 Å². The topological polar surface area (TPSA) is 251 Å². The van der Waals surface area contributed by atoms with Crippen LogP contribution in [0.25, 0.3) is 10.9 Å². The van der Waals surface area contributed by atoms with Crippen LogP contribution in [0.1, 0.15) is 25.3 Å². The number of amides is 3. The van der Waals surface area contributed by atoms with Crippen molar-refractivity contribution < 1.29 is 29.4 Å². The van der Waals surface area contributed by atoms with Crippen LogP contribution < -0.4 is 33.2 Å². The lowest BCUT2D eigenvalue weighted by atomic mass is 10.1. The number of para-hydroxylation sites is 1. The van der Waals surface area contributed by atoms with E-state index in [1.165, 1.54) is 6.92 Å². The highest BCUT2D eigenvalue weighted by atomic mass is 16.4. The molecular weight excluding hydrogens is 484 g/mol. The number of hydrogen-bond donors (Lipinski definition) is 9. The van der Waals surface area contributed by atoms with E-state index in [4.69, 9.17) is 17.2 Å². The van der Waals surface area contributed by atoms with Gasteiger partial charge >= 0.3 is 5.97 Å². The molecule has 2 rings (SSSR count). The van der Waals surface area contributed by atoms with Crippen molar-refractivity contribution in [3.05, 3.63) is 36.0 Å². The van der Waals surface area contributed by atoms with Gasteiger partial charge in [-0.25, -0.2) is 4.79 Å². The van der Waals surface area contributed by atoms with Crippen molar-refractivity contribution >= 4 is 40.6 Å². The van der Waals surface area contributed by atoms with Gasteiger partial charge in [0.05, 0.1) is 18.7 Å². The molecule has 202 valence electrons. The number of carboxylic acids is 1. The number of fused-ring (bicyclic) bond motifs is 1. The van der Waals surface area contributed by atoms with Gasteiger partial charge in [-0.2, -0.15) is 0 Å². The summed E-state index contributed by atoms with van der Waals surface area (Å²) in [6.45, 7) is 0.924. The molecule has 0 fully saturated rings. The number of aliphatic imine (C=N–C) groups is 1. The zero-order valence-electron chi connectivity index (χ0n) is 20.4. The average molecular weight is 519 g/mol. The smallest absolute Gasteiger partial charge is 0.326 e. The Bertz CT molecular complexity index is 1130. The number of aliphatic hydroxyl groups excluding tert-OH is 1. The number of aliphatic hydroxyl groups is 1. The van der Waals surface area contributed by atoms with Crippen molar-refractivity contribution in [2.75, 3.05) is 13.1 Å². The summed E-state index contributed by atoms with van der Waals surface area (Å²) in [4.78, 5) is 55.7. The summed E-state index contributed by atoms with van der Waals surface area (Å²) in [5, 5.41) is 27.3. The molecule has 14 nitrogen and oxygen atoms in total. The molecule has 3 amide bonds. The Kier molecular flexibility index (Phi) is 10.8. The van der Waals surface area contributed by atoms with Crippen LogP contribution in [0.3, 0.4) is 0 Å². The molecule has 0 bridgehead atoms. The molecule has 0 saturated heterocycles. The molecule has 12 N–H and O–H groups in total. The molecule has 0 saturated carbocycles. The van der Waals surface area contributed by atoms with Crippen LogP contribution in [0.2, 0.25) is 0 Å². The lowest BCUT2D eigenvalue weighted by Gasteiger charge is -2.23. The predicted molar refractivity (Wildman–Crippen MR) is 136 cm³/mol. The van der Waals surface area contributed by atoms with Crippen LogP contribution in [0.5, 0.6) is 0 Å². The van der Waals surface area contributed by atoms with Crippen molar-refractivity contribution in [3.8, 4) is 0 Å². The third-order valence-electron chi connectivity index (χ3n) is 5.52. The van der Waals surface area contributed by atoms with E-state index in [-0.39, 0.29) is 31.8 Å². The van der Waals surface area contributed by atoms with Gasteiger partial charge in [0.1, 0.15) is 12.1 Å². The molecule has 0 aliphatic heterocycles. The summed E-state index contributed by atoms with van der Waals surface area (Å²) in [6, 6.07) is 3.87. The third-order valence-corrected chi connectivity index (χ3v) is 5.52. The number of H-pyrrole nitrogens is 1. The minimum absolute atomic E-state index is 0.0166. The van der Waals surface area contributed by atoms with Gasteiger partial charge in [-0.3, -0.25) is 19.4 Å². The molecule has 14 heteroatoms. The summed E-state index contributed by atoms with van der Waals surface area (Å²) in [7, 11) is 0. The van der Waals surface area contributed by atoms with Crippen molar-refractivity contribution in [1.82, 2.24) is 20.9 Å². The zero-order valence-corrected chi connectivity index (χ0v) is 20.4. The number of carbonyl (C=O) groups excluding carboxylic acids is 3. The number of hydrogen-bond acceptors (Lipinski definition) is 7. The van der Waals surface area contributed by atoms with E-state index in [1.54, 1.807) is 6.20 Å². The molecule has 4 unspecified atom stereocenters. The van der Waals surface area contributed by atoms with Crippen LogP contribution in [-0.4, -0.2) is 82.2 Å². The maximum Gasteiger partial charge on any atom is 0.326 e. The first-order valence-corrected chi connectivity index (χ1v) is 11.6. The van der Waals surface area contributed by atoms with Gasteiger partial charge in [0.2, 0.25) is 17.7 Å². The minimum Gasteiger partial charge on any atom is -0.480 e. The quantitative estimate of drug-likeness (QED) is 0.0735. The number of nitrogens with one attached hydrogen (secondary N) is 4. The fourth-order valence-electron chi connectivity index (χ4n) is 3.58. The van der Waals surface area contributed by atoms with E-state index in [0.29, 0.717) is 0 Å². The number of carbonyl (C=O) groups is 4. The second kappa shape index (κ2) is 13.8. The molecule has 1 aromatic heterocycles. The molecule has 37 heavy (non-hydrogen) atoms. The molecule has 2 aromatic rings. The second-order valence-electron chi connectivity index (χ2n) is 8.52. The highest BCUT2D eigenvalue weighted by Crippen LogP contribution is 2.18. The molecule has 0 radical (unpaired) electrons.